The van der Waals surface area contributed by atoms with Crippen molar-refractivity contribution in [1.82, 2.24) is 10.2 Å². The smallest absolute Gasteiger partial charge is 0.261 e. The highest BCUT2D eigenvalue weighted by atomic mass is 16.2. The Labute approximate surface area is 213 Å². The zero-order valence-corrected chi connectivity index (χ0v) is 20.9. The molecule has 3 aromatic carbocycles. The lowest BCUT2D eigenvalue weighted by atomic mass is 9.97. The Morgan fingerprint density at radius 2 is 1.22 bits per heavy atom. The lowest BCUT2D eigenvalue weighted by Crippen LogP contribution is -2.30. The number of imide groups is 1. The lowest BCUT2D eigenvalue weighted by molar-refractivity contribution is -0.121. The summed E-state index contributed by atoms with van der Waals surface area (Å²) in [6.07, 6.45) is 6.17. The predicted octanol–water partition coefficient (Wildman–Crippen LogP) is 6.23. The molecule has 0 saturated heterocycles. The number of benzene rings is 3. The number of fused-ring (bicyclic) bond motifs is 1. The van der Waals surface area contributed by atoms with Crippen molar-refractivity contribution in [2.24, 2.45) is 0 Å². The van der Waals surface area contributed by atoms with Gasteiger partial charge >= 0.3 is 0 Å². The fraction of sp³-hybridized carbons (Fsp3) is 0.323. The largest absolute Gasteiger partial charge is 0.345 e. The molecule has 0 aliphatic carbocycles. The molecule has 0 aromatic heterocycles. The van der Waals surface area contributed by atoms with Gasteiger partial charge in [-0.3, -0.25) is 19.3 Å². The second-order valence-corrected chi connectivity index (χ2v) is 9.50. The van der Waals surface area contributed by atoms with Crippen LogP contribution in [0.2, 0.25) is 0 Å². The molecule has 1 atom stereocenters. The van der Waals surface area contributed by atoms with Gasteiger partial charge in [-0.1, -0.05) is 98.0 Å². The molecule has 1 aliphatic heterocycles. The Hall–Kier alpha value is -3.73. The summed E-state index contributed by atoms with van der Waals surface area (Å²) in [7, 11) is 0. The molecule has 1 N–H and O–H groups in total. The van der Waals surface area contributed by atoms with Crippen LogP contribution in [-0.4, -0.2) is 29.2 Å². The van der Waals surface area contributed by atoms with Crippen LogP contribution in [0.15, 0.2) is 78.9 Å². The molecule has 1 aliphatic rings. The summed E-state index contributed by atoms with van der Waals surface area (Å²) in [5.41, 5.74) is 4.38. The van der Waals surface area contributed by atoms with Gasteiger partial charge in [-0.2, -0.15) is 0 Å². The summed E-state index contributed by atoms with van der Waals surface area (Å²) < 4.78 is 0. The van der Waals surface area contributed by atoms with Crippen molar-refractivity contribution in [3.05, 3.63) is 107 Å². The number of amides is 3. The molecule has 3 aromatic rings. The van der Waals surface area contributed by atoms with Gasteiger partial charge in [0.05, 0.1) is 17.2 Å². The average Bonchev–Trinajstić information content (AvgIpc) is 3.15. The molecule has 0 fully saturated rings. The molecule has 5 nitrogen and oxygen atoms in total. The first kappa shape index (κ1) is 25.4. The van der Waals surface area contributed by atoms with Gasteiger partial charge in [0.2, 0.25) is 5.91 Å². The van der Waals surface area contributed by atoms with Crippen molar-refractivity contribution in [3.63, 3.8) is 0 Å². The SMILES string of the molecule is Cc1ccc([C@H](NC(=O)CCCCCCCCN2C(=O)c3ccccc3C2=O)c2ccccc2)cc1. The van der Waals surface area contributed by atoms with E-state index >= 15 is 0 Å². The van der Waals surface area contributed by atoms with Crippen LogP contribution in [0, 0.1) is 6.92 Å². The first-order valence-electron chi connectivity index (χ1n) is 12.9. The molecule has 0 bridgehead atoms. The molecule has 4 rings (SSSR count). The van der Waals surface area contributed by atoms with E-state index in [0.29, 0.717) is 24.1 Å². The molecule has 186 valence electrons. The molecular formula is C31H34N2O3. The highest BCUT2D eigenvalue weighted by Crippen LogP contribution is 2.24. The number of carbonyl (C=O) groups is 3. The zero-order chi connectivity index (χ0) is 25.3. The van der Waals surface area contributed by atoms with E-state index in [-0.39, 0.29) is 23.8 Å². The molecule has 3 amide bonds. The van der Waals surface area contributed by atoms with Crippen molar-refractivity contribution in [2.75, 3.05) is 6.54 Å². The maximum atomic E-state index is 12.7. The highest BCUT2D eigenvalue weighted by Gasteiger charge is 2.34. The number of carbonyl (C=O) groups excluding carboxylic acids is 3. The molecule has 36 heavy (non-hydrogen) atoms. The first-order valence-corrected chi connectivity index (χ1v) is 12.9. The normalized spacial score (nSPS) is 13.5. The molecule has 5 heteroatoms. The minimum Gasteiger partial charge on any atom is -0.345 e. The maximum absolute atomic E-state index is 12.7. The number of aryl methyl sites for hydroxylation is 1. The van der Waals surface area contributed by atoms with E-state index in [9.17, 15) is 14.4 Å². The van der Waals surface area contributed by atoms with Crippen LogP contribution >= 0.6 is 0 Å². The maximum Gasteiger partial charge on any atom is 0.261 e. The van der Waals surface area contributed by atoms with E-state index in [2.05, 4.69) is 36.5 Å². The molecule has 1 heterocycles. The standard InChI is InChI=1S/C31H34N2O3/c1-23-18-20-25(21-19-23)29(24-13-7-6-8-14-24)32-28(34)17-9-4-2-3-5-12-22-33-30(35)26-15-10-11-16-27(26)31(33)36/h6-8,10-11,13-16,18-21,29H,2-5,9,12,17,22H2,1H3,(H,32,34)/t29-/m1/s1. The van der Waals surface area contributed by atoms with E-state index in [0.717, 1.165) is 49.7 Å². The Balaban J connectivity index is 1.14. The van der Waals surface area contributed by atoms with Gasteiger partial charge in [0.25, 0.3) is 11.8 Å². The number of hydrogen-bond donors (Lipinski definition) is 1. The van der Waals surface area contributed by atoms with Crippen LogP contribution in [-0.2, 0) is 4.79 Å². The second-order valence-electron chi connectivity index (χ2n) is 9.50. The van der Waals surface area contributed by atoms with Crippen LogP contribution in [0.5, 0.6) is 0 Å². The molecule has 0 radical (unpaired) electrons. The number of rotatable bonds is 12. The molecule has 0 saturated carbocycles. The van der Waals surface area contributed by atoms with E-state index in [1.807, 2.05) is 30.3 Å². The van der Waals surface area contributed by atoms with Gasteiger partial charge in [-0.05, 0) is 43.0 Å². The minimum absolute atomic E-state index is 0.0649. The summed E-state index contributed by atoms with van der Waals surface area (Å²) in [6.45, 7) is 2.53. The molecule has 0 spiro atoms. The fourth-order valence-corrected chi connectivity index (χ4v) is 4.70. The first-order chi connectivity index (χ1) is 17.5. The van der Waals surface area contributed by atoms with Crippen LogP contribution < -0.4 is 5.32 Å². The average molecular weight is 483 g/mol. The summed E-state index contributed by atoms with van der Waals surface area (Å²) in [4.78, 5) is 38.9. The number of unbranched alkanes of at least 4 members (excludes halogenated alkanes) is 5. The third-order valence-electron chi connectivity index (χ3n) is 6.76. The van der Waals surface area contributed by atoms with Gasteiger partial charge in [-0.25, -0.2) is 0 Å². The number of hydrogen-bond acceptors (Lipinski definition) is 3. The van der Waals surface area contributed by atoms with Crippen LogP contribution in [0.1, 0.15) is 88.4 Å². The predicted molar refractivity (Wildman–Crippen MR) is 142 cm³/mol. The molecular weight excluding hydrogens is 448 g/mol. The third-order valence-corrected chi connectivity index (χ3v) is 6.76. The van der Waals surface area contributed by atoms with Crippen molar-refractivity contribution in [3.8, 4) is 0 Å². The zero-order valence-electron chi connectivity index (χ0n) is 20.9. The van der Waals surface area contributed by atoms with E-state index in [1.54, 1.807) is 24.3 Å². The quantitative estimate of drug-likeness (QED) is 0.246. The summed E-state index contributed by atoms with van der Waals surface area (Å²) in [6, 6.07) is 25.2. The van der Waals surface area contributed by atoms with Crippen molar-refractivity contribution in [2.45, 2.75) is 57.9 Å². The van der Waals surface area contributed by atoms with Crippen molar-refractivity contribution in [1.29, 1.82) is 0 Å². The van der Waals surface area contributed by atoms with Gasteiger partial charge in [-0.15, -0.1) is 0 Å². The minimum atomic E-state index is -0.180. The number of nitrogens with one attached hydrogen (secondary N) is 1. The Morgan fingerprint density at radius 1 is 0.694 bits per heavy atom. The summed E-state index contributed by atoms with van der Waals surface area (Å²) in [5, 5.41) is 3.22. The fourth-order valence-electron chi connectivity index (χ4n) is 4.70. The van der Waals surface area contributed by atoms with Crippen molar-refractivity contribution >= 4 is 17.7 Å². The van der Waals surface area contributed by atoms with Gasteiger partial charge in [0.15, 0.2) is 0 Å². The van der Waals surface area contributed by atoms with E-state index in [1.165, 1.54) is 10.5 Å². The third kappa shape index (κ3) is 6.28. The number of nitrogens with zero attached hydrogens (tertiary/aromatic N) is 1. The van der Waals surface area contributed by atoms with Crippen molar-refractivity contribution < 1.29 is 14.4 Å². The lowest BCUT2D eigenvalue weighted by Gasteiger charge is -2.20. The van der Waals surface area contributed by atoms with Gasteiger partial charge in [0.1, 0.15) is 0 Å². The van der Waals surface area contributed by atoms with E-state index < -0.39 is 0 Å². The highest BCUT2D eigenvalue weighted by molar-refractivity contribution is 6.21. The van der Waals surface area contributed by atoms with Crippen LogP contribution in [0.4, 0.5) is 0 Å². The van der Waals surface area contributed by atoms with Crippen LogP contribution in [0.25, 0.3) is 0 Å². The molecule has 0 unspecified atom stereocenters. The van der Waals surface area contributed by atoms with Gasteiger partial charge < -0.3 is 5.32 Å². The van der Waals surface area contributed by atoms with E-state index in [4.69, 9.17) is 0 Å². The second kappa shape index (κ2) is 12.3. The Bertz CT molecular complexity index is 1150. The topological polar surface area (TPSA) is 66.5 Å². The van der Waals surface area contributed by atoms with Crippen LogP contribution in [0.3, 0.4) is 0 Å². The summed E-state index contributed by atoms with van der Waals surface area (Å²) in [5.74, 6) is -0.294. The Morgan fingerprint density at radius 3 is 1.86 bits per heavy atom. The van der Waals surface area contributed by atoms with Gasteiger partial charge in [0, 0.05) is 13.0 Å². The summed E-state index contributed by atoms with van der Waals surface area (Å²) >= 11 is 0. The Kier molecular flexibility index (Phi) is 8.66. The monoisotopic (exact) mass is 482 g/mol.